The maximum Gasteiger partial charge on any atom is 0.416 e. The van der Waals surface area contributed by atoms with Crippen LogP contribution in [-0.2, 0) is 22.3 Å². The van der Waals surface area contributed by atoms with Gasteiger partial charge in [0, 0.05) is 11.3 Å². The van der Waals surface area contributed by atoms with E-state index in [1.807, 2.05) is 0 Å². The molecule has 8 nitrogen and oxygen atoms in total. The maximum absolute atomic E-state index is 12.6. The third kappa shape index (κ3) is 5.87. The number of alkyl halides is 3. The van der Waals surface area contributed by atoms with Gasteiger partial charge in [0.2, 0.25) is 11.7 Å². The Morgan fingerprint density at radius 1 is 1.13 bits per heavy atom. The lowest BCUT2D eigenvalue weighted by atomic mass is 10.1. The van der Waals surface area contributed by atoms with Gasteiger partial charge in [-0.1, -0.05) is 12.1 Å². The number of ether oxygens (including phenoxy) is 1. The minimum Gasteiger partial charge on any atom is -0.459 e. The molecular weight excluding hydrogens is 415 g/mol. The molecule has 0 aliphatic heterocycles. The standard InChI is InChI=1S/C20H18F3N5O3/c1-12(2)31-19(30)14-5-3-4-13(10-14)18-25-27-28(26-18)11-17(29)24-16-8-6-15(7-9-16)20(21,22)23/h3-10,12H,11H2,1-2H3,(H,24,29). The van der Waals surface area contributed by atoms with Crippen molar-refractivity contribution < 1.29 is 27.5 Å². The average Bonchev–Trinajstić information content (AvgIpc) is 3.15. The summed E-state index contributed by atoms with van der Waals surface area (Å²) in [5.74, 6) is -0.834. The van der Waals surface area contributed by atoms with Gasteiger partial charge in [0.15, 0.2) is 0 Å². The fourth-order valence-electron chi connectivity index (χ4n) is 2.56. The van der Waals surface area contributed by atoms with Crippen LogP contribution in [-0.4, -0.2) is 38.2 Å². The molecule has 0 saturated carbocycles. The van der Waals surface area contributed by atoms with Gasteiger partial charge in [-0.2, -0.15) is 18.0 Å². The average molecular weight is 433 g/mol. The lowest BCUT2D eigenvalue weighted by Gasteiger charge is -2.08. The molecule has 0 unspecified atom stereocenters. The van der Waals surface area contributed by atoms with Crippen LogP contribution in [0.1, 0.15) is 29.8 Å². The van der Waals surface area contributed by atoms with Crippen molar-refractivity contribution in [3.05, 3.63) is 59.7 Å². The van der Waals surface area contributed by atoms with Gasteiger partial charge < -0.3 is 10.1 Å². The lowest BCUT2D eigenvalue weighted by Crippen LogP contribution is -2.20. The number of halogens is 3. The molecule has 0 spiro atoms. The Kier molecular flexibility index (Phi) is 6.33. The van der Waals surface area contributed by atoms with E-state index in [1.54, 1.807) is 38.1 Å². The van der Waals surface area contributed by atoms with Crippen LogP contribution in [0.15, 0.2) is 48.5 Å². The van der Waals surface area contributed by atoms with E-state index < -0.39 is 23.6 Å². The number of benzene rings is 2. The summed E-state index contributed by atoms with van der Waals surface area (Å²) in [6.07, 6.45) is -4.72. The molecule has 1 aromatic heterocycles. The summed E-state index contributed by atoms with van der Waals surface area (Å²) in [6.45, 7) is 3.18. The number of anilines is 1. The van der Waals surface area contributed by atoms with E-state index in [0.717, 1.165) is 29.1 Å². The van der Waals surface area contributed by atoms with Crippen LogP contribution >= 0.6 is 0 Å². The molecule has 0 aliphatic rings. The topological polar surface area (TPSA) is 99.0 Å². The number of carbonyl (C=O) groups excluding carboxylic acids is 2. The first kappa shape index (κ1) is 21.9. The molecule has 0 radical (unpaired) electrons. The Hall–Kier alpha value is -3.76. The monoisotopic (exact) mass is 433 g/mol. The van der Waals surface area contributed by atoms with Gasteiger partial charge in [-0.3, -0.25) is 4.79 Å². The van der Waals surface area contributed by atoms with Crippen molar-refractivity contribution >= 4 is 17.6 Å². The highest BCUT2D eigenvalue weighted by Gasteiger charge is 2.30. The molecule has 0 fully saturated rings. The molecule has 0 bridgehead atoms. The number of nitrogens with one attached hydrogen (secondary N) is 1. The molecule has 162 valence electrons. The normalized spacial score (nSPS) is 11.4. The molecule has 31 heavy (non-hydrogen) atoms. The summed E-state index contributed by atoms with van der Waals surface area (Å²) in [5.41, 5.74) is 0.220. The van der Waals surface area contributed by atoms with Gasteiger partial charge in [-0.05, 0) is 55.5 Å². The zero-order valence-corrected chi connectivity index (χ0v) is 16.6. The predicted octanol–water partition coefficient (Wildman–Crippen LogP) is 3.56. The van der Waals surface area contributed by atoms with Crippen molar-refractivity contribution in [1.82, 2.24) is 20.2 Å². The zero-order chi connectivity index (χ0) is 22.6. The molecule has 0 atom stereocenters. The van der Waals surface area contributed by atoms with Crippen molar-refractivity contribution in [1.29, 1.82) is 0 Å². The second kappa shape index (κ2) is 8.94. The molecule has 1 heterocycles. The number of esters is 1. The van der Waals surface area contributed by atoms with Gasteiger partial charge in [-0.15, -0.1) is 10.2 Å². The number of rotatable bonds is 6. The fraction of sp³-hybridized carbons (Fsp3) is 0.250. The Bertz CT molecular complexity index is 1080. The molecule has 1 N–H and O–H groups in total. The quantitative estimate of drug-likeness (QED) is 0.597. The number of hydrogen-bond donors (Lipinski definition) is 1. The summed E-state index contributed by atoms with van der Waals surface area (Å²) in [6, 6.07) is 10.5. The van der Waals surface area contributed by atoms with E-state index in [4.69, 9.17) is 4.74 Å². The van der Waals surface area contributed by atoms with Gasteiger partial charge in [-0.25, -0.2) is 4.79 Å². The highest BCUT2D eigenvalue weighted by molar-refractivity contribution is 5.91. The Balaban J connectivity index is 1.65. The molecule has 2 aromatic carbocycles. The van der Waals surface area contributed by atoms with Crippen molar-refractivity contribution in [3.8, 4) is 11.4 Å². The van der Waals surface area contributed by atoms with E-state index >= 15 is 0 Å². The third-order valence-corrected chi connectivity index (χ3v) is 3.93. The molecule has 3 rings (SSSR count). The number of amides is 1. The van der Waals surface area contributed by atoms with Gasteiger partial charge in [0.25, 0.3) is 0 Å². The van der Waals surface area contributed by atoms with Gasteiger partial charge >= 0.3 is 12.1 Å². The Morgan fingerprint density at radius 2 is 1.84 bits per heavy atom. The van der Waals surface area contributed by atoms with Crippen LogP contribution in [0.25, 0.3) is 11.4 Å². The molecular formula is C20H18F3N5O3. The maximum atomic E-state index is 12.6. The number of hydrogen-bond acceptors (Lipinski definition) is 6. The highest BCUT2D eigenvalue weighted by atomic mass is 19.4. The smallest absolute Gasteiger partial charge is 0.416 e. The Labute approximate surface area is 175 Å². The summed E-state index contributed by atoms with van der Waals surface area (Å²) in [4.78, 5) is 25.2. The third-order valence-electron chi connectivity index (χ3n) is 3.93. The predicted molar refractivity (Wildman–Crippen MR) is 104 cm³/mol. The van der Waals surface area contributed by atoms with Crippen LogP contribution in [0.4, 0.5) is 18.9 Å². The second-order valence-electron chi connectivity index (χ2n) is 6.80. The number of nitrogens with zero attached hydrogens (tertiary/aromatic N) is 4. The SMILES string of the molecule is CC(C)OC(=O)c1cccc(-c2nnn(CC(=O)Nc3ccc(C(F)(F)F)cc3)n2)c1. The van der Waals surface area contributed by atoms with Crippen LogP contribution < -0.4 is 5.32 Å². The summed E-state index contributed by atoms with van der Waals surface area (Å²) < 4.78 is 42.9. The van der Waals surface area contributed by atoms with Crippen LogP contribution in [0.2, 0.25) is 0 Å². The first-order valence-corrected chi connectivity index (χ1v) is 9.18. The van der Waals surface area contributed by atoms with E-state index in [1.165, 1.54) is 0 Å². The summed E-state index contributed by atoms with van der Waals surface area (Å²) >= 11 is 0. The Morgan fingerprint density at radius 3 is 2.48 bits per heavy atom. The molecule has 3 aromatic rings. The van der Waals surface area contributed by atoms with Gasteiger partial charge in [0.05, 0.1) is 17.2 Å². The van der Waals surface area contributed by atoms with Crippen molar-refractivity contribution in [2.24, 2.45) is 0 Å². The van der Waals surface area contributed by atoms with E-state index in [9.17, 15) is 22.8 Å². The zero-order valence-electron chi connectivity index (χ0n) is 16.6. The first-order chi connectivity index (χ1) is 14.6. The summed E-state index contributed by atoms with van der Waals surface area (Å²) in [7, 11) is 0. The van der Waals surface area contributed by atoms with Crippen molar-refractivity contribution in [3.63, 3.8) is 0 Å². The van der Waals surface area contributed by atoms with Crippen LogP contribution in [0, 0.1) is 0 Å². The van der Waals surface area contributed by atoms with E-state index in [0.29, 0.717) is 11.1 Å². The highest BCUT2D eigenvalue weighted by Crippen LogP contribution is 2.29. The largest absolute Gasteiger partial charge is 0.459 e. The van der Waals surface area contributed by atoms with Crippen molar-refractivity contribution in [2.45, 2.75) is 32.7 Å². The molecule has 11 heteroatoms. The van der Waals surface area contributed by atoms with Crippen molar-refractivity contribution in [2.75, 3.05) is 5.32 Å². The molecule has 1 amide bonds. The second-order valence-corrected chi connectivity index (χ2v) is 6.80. The molecule has 0 aliphatic carbocycles. The molecule has 0 saturated heterocycles. The number of carbonyl (C=O) groups is 2. The van der Waals surface area contributed by atoms with Crippen LogP contribution in [0.5, 0.6) is 0 Å². The first-order valence-electron chi connectivity index (χ1n) is 9.18. The van der Waals surface area contributed by atoms with Crippen LogP contribution in [0.3, 0.4) is 0 Å². The number of aromatic nitrogens is 4. The van der Waals surface area contributed by atoms with E-state index in [-0.39, 0.29) is 24.2 Å². The minimum absolute atomic E-state index is 0.196. The number of tetrazole rings is 1. The summed E-state index contributed by atoms with van der Waals surface area (Å²) in [5, 5.41) is 14.2. The van der Waals surface area contributed by atoms with Gasteiger partial charge in [0.1, 0.15) is 6.54 Å². The fourth-order valence-corrected chi connectivity index (χ4v) is 2.56. The minimum atomic E-state index is -4.45. The lowest BCUT2D eigenvalue weighted by molar-refractivity contribution is -0.137. The van der Waals surface area contributed by atoms with E-state index in [2.05, 4.69) is 20.7 Å².